The Kier molecular flexibility index (Phi) is 5.60. The molecule has 0 atom stereocenters. The average molecular weight is 454 g/mol. The number of anilines is 1. The largest absolute Gasteiger partial charge is 0.381 e. The third kappa shape index (κ3) is 4.16. The van der Waals surface area contributed by atoms with Crippen molar-refractivity contribution < 1.29 is 9.53 Å². The summed E-state index contributed by atoms with van der Waals surface area (Å²) in [5.41, 5.74) is 2.22. The minimum atomic E-state index is -0.634. The summed E-state index contributed by atoms with van der Waals surface area (Å²) in [7, 11) is 0. The molecule has 0 aliphatic carbocycles. The number of aromatic nitrogens is 2. The number of carbonyl (C=O) groups is 1. The number of hydrogen-bond acceptors (Lipinski definition) is 4. The Morgan fingerprint density at radius 2 is 1.83 bits per heavy atom. The maximum atomic E-state index is 13.4. The summed E-state index contributed by atoms with van der Waals surface area (Å²) in [6, 6.07) is 18.4. The number of benzene rings is 2. The third-order valence-corrected chi connectivity index (χ3v) is 5.80. The van der Waals surface area contributed by atoms with Gasteiger partial charge in [-0.05, 0) is 48.7 Å². The van der Waals surface area contributed by atoms with E-state index in [9.17, 15) is 9.59 Å². The number of carbonyl (C=O) groups excluding carboxylic acids is 1. The second-order valence-corrected chi connectivity index (χ2v) is 7.96. The van der Waals surface area contributed by atoms with Gasteiger partial charge in [0.15, 0.2) is 0 Å². The van der Waals surface area contributed by atoms with Crippen molar-refractivity contribution in [3.63, 3.8) is 0 Å². The molecule has 1 fully saturated rings. The van der Waals surface area contributed by atoms with E-state index in [1.165, 1.54) is 6.07 Å². The molecule has 3 aromatic rings. The Morgan fingerprint density at radius 1 is 1.07 bits per heavy atom. The van der Waals surface area contributed by atoms with E-state index in [4.69, 9.17) is 4.74 Å². The zero-order chi connectivity index (χ0) is 20.3. The van der Waals surface area contributed by atoms with E-state index in [-0.39, 0.29) is 11.5 Å². The van der Waals surface area contributed by atoms with Crippen LogP contribution in [0.5, 0.6) is 0 Å². The van der Waals surface area contributed by atoms with Crippen molar-refractivity contribution in [2.45, 2.75) is 18.3 Å². The Labute approximate surface area is 176 Å². The highest BCUT2D eigenvalue weighted by Crippen LogP contribution is 2.37. The number of nitrogens with one attached hydrogen (secondary N) is 2. The van der Waals surface area contributed by atoms with Gasteiger partial charge >= 0.3 is 0 Å². The fourth-order valence-electron chi connectivity index (χ4n) is 3.65. The van der Waals surface area contributed by atoms with Crippen LogP contribution in [0.15, 0.2) is 69.9 Å². The first kappa shape index (κ1) is 19.5. The van der Waals surface area contributed by atoms with Gasteiger partial charge in [0, 0.05) is 35.0 Å². The Hall–Kier alpha value is -2.77. The van der Waals surface area contributed by atoms with Gasteiger partial charge in [0.2, 0.25) is 5.91 Å². The predicted octanol–water partition coefficient (Wildman–Crippen LogP) is 3.89. The van der Waals surface area contributed by atoms with Crippen LogP contribution in [0, 0.1) is 0 Å². The van der Waals surface area contributed by atoms with Crippen LogP contribution in [-0.4, -0.2) is 29.3 Å². The second-order valence-electron chi connectivity index (χ2n) is 7.04. The second kappa shape index (κ2) is 8.31. The number of halogens is 1. The van der Waals surface area contributed by atoms with Gasteiger partial charge in [-0.3, -0.25) is 9.59 Å². The van der Waals surface area contributed by atoms with Gasteiger partial charge in [-0.15, -0.1) is 0 Å². The Balaban J connectivity index is 1.63. The highest BCUT2D eigenvalue weighted by Gasteiger charge is 2.41. The molecule has 1 aromatic heterocycles. The first-order valence-electron chi connectivity index (χ1n) is 9.38. The maximum absolute atomic E-state index is 13.4. The van der Waals surface area contributed by atoms with E-state index in [2.05, 4.69) is 31.4 Å². The van der Waals surface area contributed by atoms with Crippen LogP contribution >= 0.6 is 15.9 Å². The van der Waals surface area contributed by atoms with Gasteiger partial charge in [-0.25, -0.2) is 5.10 Å². The predicted molar refractivity (Wildman–Crippen MR) is 115 cm³/mol. The third-order valence-electron chi connectivity index (χ3n) is 5.27. The molecule has 29 heavy (non-hydrogen) atoms. The highest BCUT2D eigenvalue weighted by atomic mass is 79.9. The summed E-state index contributed by atoms with van der Waals surface area (Å²) in [5, 5.41) is 9.57. The molecular weight excluding hydrogens is 434 g/mol. The summed E-state index contributed by atoms with van der Waals surface area (Å²) < 4.78 is 6.51. The van der Waals surface area contributed by atoms with E-state index >= 15 is 0 Å². The molecule has 148 valence electrons. The molecule has 0 radical (unpaired) electrons. The van der Waals surface area contributed by atoms with Gasteiger partial charge in [-0.2, -0.15) is 5.10 Å². The first-order valence-corrected chi connectivity index (χ1v) is 10.2. The quantitative estimate of drug-likeness (QED) is 0.627. The van der Waals surface area contributed by atoms with Crippen molar-refractivity contribution in [2.75, 3.05) is 18.5 Å². The van der Waals surface area contributed by atoms with E-state index in [1.807, 2.05) is 48.5 Å². The van der Waals surface area contributed by atoms with Crippen molar-refractivity contribution in [2.24, 2.45) is 0 Å². The van der Waals surface area contributed by atoms with Gasteiger partial charge < -0.3 is 10.1 Å². The summed E-state index contributed by atoms with van der Waals surface area (Å²) >= 11 is 3.46. The summed E-state index contributed by atoms with van der Waals surface area (Å²) in [6.07, 6.45) is 1.25. The number of hydrogen-bond donors (Lipinski definition) is 2. The lowest BCUT2D eigenvalue weighted by Gasteiger charge is -2.36. The lowest BCUT2D eigenvalue weighted by Crippen LogP contribution is -2.44. The molecule has 1 aliphatic rings. The van der Waals surface area contributed by atoms with Crippen LogP contribution in [-0.2, 0) is 14.9 Å². The van der Waals surface area contributed by atoms with Crippen molar-refractivity contribution in [3.05, 3.63) is 81.1 Å². The van der Waals surface area contributed by atoms with Crippen molar-refractivity contribution in [1.29, 1.82) is 0 Å². The van der Waals surface area contributed by atoms with Crippen LogP contribution in [0.1, 0.15) is 18.4 Å². The molecule has 6 nitrogen and oxygen atoms in total. The monoisotopic (exact) mass is 453 g/mol. The molecule has 2 aromatic carbocycles. The molecule has 4 rings (SSSR count). The number of ether oxygens (including phenoxy) is 1. The molecule has 0 saturated carbocycles. The van der Waals surface area contributed by atoms with E-state index < -0.39 is 5.41 Å². The molecule has 0 spiro atoms. The molecule has 0 bridgehead atoms. The molecule has 7 heteroatoms. The van der Waals surface area contributed by atoms with E-state index in [0.717, 1.165) is 15.6 Å². The van der Waals surface area contributed by atoms with Gasteiger partial charge in [0.05, 0.1) is 11.1 Å². The van der Waals surface area contributed by atoms with E-state index in [1.54, 1.807) is 6.07 Å². The summed E-state index contributed by atoms with van der Waals surface area (Å²) in [6.45, 7) is 1.09. The topological polar surface area (TPSA) is 84.1 Å². The summed E-state index contributed by atoms with van der Waals surface area (Å²) in [5.74, 6) is -0.0466. The normalized spacial score (nSPS) is 15.6. The Morgan fingerprint density at radius 3 is 2.52 bits per heavy atom. The van der Waals surface area contributed by atoms with Crippen LogP contribution in [0.3, 0.4) is 0 Å². The average Bonchev–Trinajstić information content (AvgIpc) is 2.75. The number of H-pyrrole nitrogens is 1. The SMILES string of the molecule is O=C(Nc1cccc(-c2ccc(=O)[nH]n2)c1)C1(c2ccc(Br)cc2)CCOCC1. The number of rotatable bonds is 4. The van der Waals surface area contributed by atoms with Crippen LogP contribution in [0.25, 0.3) is 11.3 Å². The molecule has 2 N–H and O–H groups in total. The van der Waals surface area contributed by atoms with Gasteiger partial charge in [0.1, 0.15) is 0 Å². The van der Waals surface area contributed by atoms with Crippen LogP contribution in [0.2, 0.25) is 0 Å². The van der Waals surface area contributed by atoms with Gasteiger partial charge in [0.25, 0.3) is 5.56 Å². The highest BCUT2D eigenvalue weighted by molar-refractivity contribution is 9.10. The molecular formula is C22H20BrN3O3. The van der Waals surface area contributed by atoms with E-state index in [0.29, 0.717) is 37.4 Å². The minimum absolute atomic E-state index is 0.0466. The number of nitrogens with zero attached hydrogens (tertiary/aromatic N) is 1. The van der Waals surface area contributed by atoms with Crippen molar-refractivity contribution in [3.8, 4) is 11.3 Å². The maximum Gasteiger partial charge on any atom is 0.264 e. The van der Waals surface area contributed by atoms with Crippen LogP contribution in [0.4, 0.5) is 5.69 Å². The van der Waals surface area contributed by atoms with Gasteiger partial charge in [-0.1, -0.05) is 40.2 Å². The standard InChI is InChI=1S/C22H20BrN3O3/c23-17-6-4-16(5-7-17)22(10-12-29-13-11-22)21(28)24-18-3-1-2-15(14-18)19-8-9-20(27)26-25-19/h1-9,14H,10-13H2,(H,24,28)(H,26,27). The number of aromatic amines is 1. The molecule has 0 unspecified atom stereocenters. The minimum Gasteiger partial charge on any atom is -0.381 e. The fraction of sp³-hybridized carbons (Fsp3) is 0.227. The van der Waals surface area contributed by atoms with Crippen molar-refractivity contribution >= 4 is 27.5 Å². The van der Waals surface area contributed by atoms with Crippen molar-refractivity contribution in [1.82, 2.24) is 10.2 Å². The lowest BCUT2D eigenvalue weighted by molar-refractivity contribution is -0.125. The number of amides is 1. The molecule has 1 aliphatic heterocycles. The Bertz CT molecular complexity index is 1050. The molecule has 1 saturated heterocycles. The zero-order valence-corrected chi connectivity index (χ0v) is 17.2. The van der Waals surface area contributed by atoms with Crippen LogP contribution < -0.4 is 10.9 Å². The smallest absolute Gasteiger partial charge is 0.264 e. The lowest BCUT2D eigenvalue weighted by atomic mass is 9.73. The molecule has 1 amide bonds. The zero-order valence-electron chi connectivity index (χ0n) is 15.7. The fourth-order valence-corrected chi connectivity index (χ4v) is 3.91. The first-order chi connectivity index (χ1) is 14.1. The molecule has 2 heterocycles. The summed E-state index contributed by atoms with van der Waals surface area (Å²) in [4.78, 5) is 24.7.